The Morgan fingerprint density at radius 3 is 2.41 bits per heavy atom. The summed E-state index contributed by atoms with van der Waals surface area (Å²) in [5, 5.41) is 13.7. The summed E-state index contributed by atoms with van der Waals surface area (Å²) in [5.74, 6) is -3.87. The summed E-state index contributed by atoms with van der Waals surface area (Å²) < 4.78 is 0. The highest BCUT2D eigenvalue weighted by Crippen LogP contribution is 2.19. The zero-order chi connectivity index (χ0) is 20.7. The van der Waals surface area contributed by atoms with Crippen LogP contribution in [0.5, 0.6) is 0 Å². The number of carbonyl (C=O) groups excluding carboxylic acids is 4. The fraction of sp³-hybridized carbons (Fsp3) is 0.667. The number of nitrogens with two attached hydrogens (primary N) is 2. The molecule has 4 unspecified atom stereocenters. The number of carboxylic acids is 1. The lowest BCUT2D eigenvalue weighted by Gasteiger charge is -2.28. The molecule has 4 amide bonds. The minimum absolute atomic E-state index is 0.0913. The Balaban J connectivity index is 2.71. The van der Waals surface area contributed by atoms with E-state index in [1.54, 1.807) is 0 Å². The topological polar surface area (TPSA) is 185 Å². The van der Waals surface area contributed by atoms with Gasteiger partial charge in [0.05, 0.1) is 12.5 Å². The number of hydrogen-bond acceptors (Lipinski definition) is 7. The molecule has 12 heteroatoms. The number of primary amides is 1. The first-order valence-corrected chi connectivity index (χ1v) is 9.00. The van der Waals surface area contributed by atoms with E-state index in [-0.39, 0.29) is 12.2 Å². The van der Waals surface area contributed by atoms with Gasteiger partial charge in [0.15, 0.2) is 0 Å². The molecule has 152 valence electrons. The molecule has 0 aromatic rings. The molecule has 0 aromatic carbocycles. The third kappa shape index (κ3) is 6.40. The summed E-state index contributed by atoms with van der Waals surface area (Å²) >= 11 is 3.88. The molecule has 0 aromatic heterocycles. The minimum atomic E-state index is -1.22. The molecule has 0 bridgehead atoms. The first kappa shape index (κ1) is 22.7. The van der Waals surface area contributed by atoms with E-state index in [4.69, 9.17) is 16.6 Å². The monoisotopic (exact) mass is 403 g/mol. The quantitative estimate of drug-likeness (QED) is 0.224. The molecular formula is C15H25N5O6S. The number of amides is 4. The number of likely N-dealkylation sites (tertiary alicyclic amines) is 1. The summed E-state index contributed by atoms with van der Waals surface area (Å²) in [6.07, 6.45) is 0.574. The summed E-state index contributed by atoms with van der Waals surface area (Å²) in [5.41, 5.74) is 10.5. The number of nitrogens with one attached hydrogen (secondary N) is 2. The van der Waals surface area contributed by atoms with Gasteiger partial charge in [0, 0.05) is 12.3 Å². The fourth-order valence-corrected chi connectivity index (χ4v) is 2.94. The van der Waals surface area contributed by atoms with Crippen LogP contribution in [-0.4, -0.2) is 76.1 Å². The van der Waals surface area contributed by atoms with Crippen LogP contribution in [0.2, 0.25) is 0 Å². The first-order valence-electron chi connectivity index (χ1n) is 8.37. The number of carbonyl (C=O) groups is 5. The number of hydrogen-bond donors (Lipinski definition) is 6. The number of thiol groups is 1. The van der Waals surface area contributed by atoms with Crippen LogP contribution in [0.1, 0.15) is 26.2 Å². The van der Waals surface area contributed by atoms with E-state index in [2.05, 4.69) is 23.3 Å². The molecule has 0 spiro atoms. The lowest BCUT2D eigenvalue weighted by molar-refractivity contribution is -0.144. The van der Waals surface area contributed by atoms with Gasteiger partial charge in [-0.2, -0.15) is 12.6 Å². The zero-order valence-electron chi connectivity index (χ0n) is 14.9. The molecule has 0 radical (unpaired) electrons. The molecule has 1 aliphatic rings. The molecule has 0 saturated carbocycles. The Kier molecular flexibility index (Phi) is 8.50. The number of aliphatic carboxylic acids is 1. The molecule has 4 atom stereocenters. The van der Waals surface area contributed by atoms with Crippen LogP contribution in [0, 0.1) is 0 Å². The second kappa shape index (κ2) is 10.1. The third-order valence-corrected chi connectivity index (χ3v) is 4.49. The number of carboxylic acid groups (broad SMARTS) is 1. The van der Waals surface area contributed by atoms with Crippen molar-refractivity contribution < 1.29 is 29.1 Å². The van der Waals surface area contributed by atoms with E-state index in [0.29, 0.717) is 19.4 Å². The van der Waals surface area contributed by atoms with Gasteiger partial charge in [-0.15, -0.1) is 0 Å². The summed E-state index contributed by atoms with van der Waals surface area (Å²) in [6, 6.07) is -4.16. The van der Waals surface area contributed by atoms with Crippen LogP contribution in [0.25, 0.3) is 0 Å². The van der Waals surface area contributed by atoms with Crippen molar-refractivity contribution in [3.05, 3.63) is 0 Å². The third-order valence-electron chi connectivity index (χ3n) is 4.12. The van der Waals surface area contributed by atoms with Gasteiger partial charge in [-0.05, 0) is 19.8 Å². The Bertz CT molecular complexity index is 616. The van der Waals surface area contributed by atoms with E-state index in [0.717, 1.165) is 0 Å². The maximum absolute atomic E-state index is 12.6. The molecule has 1 heterocycles. The lowest BCUT2D eigenvalue weighted by Crippen LogP contribution is -2.56. The molecule has 1 fully saturated rings. The lowest BCUT2D eigenvalue weighted by atomic mass is 10.1. The Morgan fingerprint density at radius 1 is 1.26 bits per heavy atom. The Morgan fingerprint density at radius 2 is 1.89 bits per heavy atom. The molecular weight excluding hydrogens is 378 g/mol. The van der Waals surface area contributed by atoms with Gasteiger partial charge >= 0.3 is 5.97 Å². The van der Waals surface area contributed by atoms with Crippen LogP contribution < -0.4 is 22.1 Å². The largest absolute Gasteiger partial charge is 0.480 e. The number of rotatable bonds is 9. The molecule has 0 aliphatic carbocycles. The Hall–Kier alpha value is -2.34. The molecule has 1 rings (SSSR count). The van der Waals surface area contributed by atoms with Crippen LogP contribution in [0.3, 0.4) is 0 Å². The summed E-state index contributed by atoms with van der Waals surface area (Å²) in [6.45, 7) is 1.72. The summed E-state index contributed by atoms with van der Waals surface area (Å²) in [4.78, 5) is 60.0. The van der Waals surface area contributed by atoms with Crippen LogP contribution >= 0.6 is 12.6 Å². The molecule has 1 saturated heterocycles. The van der Waals surface area contributed by atoms with Crippen molar-refractivity contribution in [3.63, 3.8) is 0 Å². The van der Waals surface area contributed by atoms with Crippen LogP contribution in [0.4, 0.5) is 0 Å². The second-order valence-corrected chi connectivity index (χ2v) is 6.64. The highest BCUT2D eigenvalue weighted by molar-refractivity contribution is 7.80. The molecule has 1 aliphatic heterocycles. The standard InChI is InChI=1S/C15H25N5O6S/c1-7(18-12(22)8(16)5-11(17)21)14(24)20-4-2-3-10(20)13(23)19-9(6-27)15(25)26/h7-10,27H,2-6,16H2,1H3,(H2,17,21)(H,18,22)(H,19,23)(H,25,26). The fourth-order valence-electron chi connectivity index (χ4n) is 2.70. The number of nitrogens with zero attached hydrogens (tertiary/aromatic N) is 1. The van der Waals surface area contributed by atoms with Gasteiger partial charge in [-0.25, -0.2) is 4.79 Å². The second-order valence-electron chi connectivity index (χ2n) is 6.28. The normalized spacial score (nSPS) is 19.7. The Labute approximate surface area is 161 Å². The average Bonchev–Trinajstić information content (AvgIpc) is 3.07. The van der Waals surface area contributed by atoms with E-state index in [9.17, 15) is 24.0 Å². The summed E-state index contributed by atoms with van der Waals surface area (Å²) in [7, 11) is 0. The maximum Gasteiger partial charge on any atom is 0.327 e. The van der Waals surface area contributed by atoms with Crippen molar-refractivity contribution in [1.29, 1.82) is 0 Å². The van der Waals surface area contributed by atoms with Crippen LogP contribution in [-0.2, 0) is 24.0 Å². The first-order chi connectivity index (χ1) is 12.6. The smallest absolute Gasteiger partial charge is 0.327 e. The maximum atomic E-state index is 12.6. The van der Waals surface area contributed by atoms with Crippen molar-refractivity contribution in [1.82, 2.24) is 15.5 Å². The predicted molar refractivity (Wildman–Crippen MR) is 97.5 cm³/mol. The zero-order valence-corrected chi connectivity index (χ0v) is 15.8. The highest BCUT2D eigenvalue weighted by atomic mass is 32.1. The van der Waals surface area contributed by atoms with Gasteiger partial charge in [-0.1, -0.05) is 0 Å². The van der Waals surface area contributed by atoms with Gasteiger partial charge < -0.3 is 32.1 Å². The van der Waals surface area contributed by atoms with E-state index >= 15 is 0 Å². The molecule has 27 heavy (non-hydrogen) atoms. The molecule has 7 N–H and O–H groups in total. The van der Waals surface area contributed by atoms with Crippen molar-refractivity contribution in [2.75, 3.05) is 12.3 Å². The van der Waals surface area contributed by atoms with Crippen molar-refractivity contribution in [2.45, 2.75) is 50.4 Å². The van der Waals surface area contributed by atoms with Crippen LogP contribution in [0.15, 0.2) is 0 Å². The van der Waals surface area contributed by atoms with E-state index < -0.39 is 53.8 Å². The van der Waals surface area contributed by atoms with Crippen molar-refractivity contribution >= 4 is 42.2 Å². The van der Waals surface area contributed by atoms with Gasteiger partial charge in [0.1, 0.15) is 18.1 Å². The van der Waals surface area contributed by atoms with Crippen molar-refractivity contribution in [2.24, 2.45) is 11.5 Å². The SMILES string of the molecule is CC(NC(=O)C(N)CC(N)=O)C(=O)N1CCCC1C(=O)NC(CS)C(=O)O. The minimum Gasteiger partial charge on any atom is -0.480 e. The average molecular weight is 403 g/mol. The van der Waals surface area contributed by atoms with E-state index in [1.807, 2.05) is 0 Å². The van der Waals surface area contributed by atoms with Crippen molar-refractivity contribution in [3.8, 4) is 0 Å². The van der Waals surface area contributed by atoms with Gasteiger partial charge in [-0.3, -0.25) is 19.2 Å². The van der Waals surface area contributed by atoms with E-state index in [1.165, 1.54) is 11.8 Å². The van der Waals surface area contributed by atoms with Gasteiger partial charge in [0.25, 0.3) is 0 Å². The predicted octanol–water partition coefficient (Wildman–Crippen LogP) is -2.82. The molecule has 11 nitrogen and oxygen atoms in total. The highest BCUT2D eigenvalue weighted by Gasteiger charge is 2.37. The van der Waals surface area contributed by atoms with Gasteiger partial charge in [0.2, 0.25) is 23.6 Å².